The highest BCUT2D eigenvalue weighted by molar-refractivity contribution is 7.98. The van der Waals surface area contributed by atoms with E-state index in [2.05, 4.69) is 41.2 Å². The minimum absolute atomic E-state index is 0.531. The van der Waals surface area contributed by atoms with Crippen LogP contribution in [0.15, 0.2) is 35.5 Å². The third-order valence-electron chi connectivity index (χ3n) is 2.34. The van der Waals surface area contributed by atoms with Gasteiger partial charge in [-0.15, -0.1) is 0 Å². The fraction of sp³-hybridized carbons (Fsp3) is 0.231. The van der Waals surface area contributed by atoms with E-state index in [-0.39, 0.29) is 0 Å². The molecule has 0 unspecified atom stereocenters. The lowest BCUT2D eigenvalue weighted by molar-refractivity contribution is 0.940. The summed E-state index contributed by atoms with van der Waals surface area (Å²) in [5, 5.41) is 0.739. The normalized spacial score (nSPS) is 10.5. The smallest absolute Gasteiger partial charge is 0.190 e. The Morgan fingerprint density at radius 1 is 1.12 bits per heavy atom. The highest BCUT2D eigenvalue weighted by Crippen LogP contribution is 2.20. The Labute approximate surface area is 105 Å². The van der Waals surface area contributed by atoms with Crippen molar-refractivity contribution in [1.82, 2.24) is 9.97 Å². The first kappa shape index (κ1) is 11.9. The molecule has 0 aliphatic heterocycles. The number of rotatable bonds is 3. The van der Waals surface area contributed by atoms with Crippen LogP contribution in [0.1, 0.15) is 16.8 Å². The number of thioether (sulfide) groups is 1. The number of hydrogen-bond acceptors (Lipinski definition) is 4. The number of aromatic nitrogens is 2. The van der Waals surface area contributed by atoms with Gasteiger partial charge in [-0.2, -0.15) is 0 Å². The van der Waals surface area contributed by atoms with Crippen LogP contribution >= 0.6 is 11.8 Å². The van der Waals surface area contributed by atoms with Gasteiger partial charge in [-0.25, -0.2) is 9.97 Å². The third kappa shape index (κ3) is 3.46. The van der Waals surface area contributed by atoms with Gasteiger partial charge in [0, 0.05) is 17.5 Å². The number of nitrogens with two attached hydrogens (primary N) is 1. The fourth-order valence-corrected chi connectivity index (χ4v) is 2.33. The first-order chi connectivity index (χ1) is 8.13. The van der Waals surface area contributed by atoms with Crippen LogP contribution in [0.5, 0.6) is 0 Å². The van der Waals surface area contributed by atoms with Crippen molar-refractivity contribution >= 4 is 17.6 Å². The van der Waals surface area contributed by atoms with E-state index in [0.717, 1.165) is 16.6 Å². The van der Waals surface area contributed by atoms with Crippen molar-refractivity contribution in [3.05, 3.63) is 47.2 Å². The minimum atomic E-state index is 0.531. The maximum atomic E-state index is 5.68. The van der Waals surface area contributed by atoms with Crippen LogP contribution in [0.25, 0.3) is 0 Å². The summed E-state index contributed by atoms with van der Waals surface area (Å²) in [6, 6.07) is 10.3. The summed E-state index contributed by atoms with van der Waals surface area (Å²) in [4.78, 5) is 8.53. The van der Waals surface area contributed by atoms with Crippen LogP contribution in [0.3, 0.4) is 0 Å². The van der Waals surface area contributed by atoms with E-state index in [0.29, 0.717) is 5.82 Å². The second-order valence-corrected chi connectivity index (χ2v) is 4.93. The van der Waals surface area contributed by atoms with E-state index in [1.165, 1.54) is 11.1 Å². The Bertz CT molecular complexity index is 488. The molecule has 0 saturated heterocycles. The lowest BCUT2D eigenvalue weighted by Crippen LogP contribution is -1.96. The lowest BCUT2D eigenvalue weighted by atomic mass is 10.2. The van der Waals surface area contributed by atoms with Gasteiger partial charge in [0.25, 0.3) is 0 Å². The van der Waals surface area contributed by atoms with Crippen LogP contribution in [-0.2, 0) is 5.75 Å². The lowest BCUT2D eigenvalue weighted by Gasteiger charge is -2.03. The molecule has 0 amide bonds. The number of hydrogen-bond donors (Lipinski definition) is 1. The molecule has 88 valence electrons. The predicted molar refractivity (Wildman–Crippen MR) is 71.9 cm³/mol. The molecule has 1 heterocycles. The van der Waals surface area contributed by atoms with E-state index in [1.807, 2.05) is 6.92 Å². The zero-order valence-electron chi connectivity index (χ0n) is 9.97. The number of aryl methyl sites for hydroxylation is 2. The first-order valence-electron chi connectivity index (χ1n) is 5.43. The van der Waals surface area contributed by atoms with Crippen LogP contribution in [0.4, 0.5) is 5.82 Å². The average Bonchev–Trinajstić information content (AvgIpc) is 2.27. The third-order valence-corrected chi connectivity index (χ3v) is 3.26. The zero-order valence-corrected chi connectivity index (χ0v) is 10.8. The molecule has 0 bridgehead atoms. The molecule has 0 spiro atoms. The Balaban J connectivity index is 2.04. The van der Waals surface area contributed by atoms with Gasteiger partial charge in [-0.3, -0.25) is 0 Å². The molecule has 0 aliphatic rings. The number of nitrogens with zero attached hydrogens (tertiary/aromatic N) is 2. The minimum Gasteiger partial charge on any atom is -0.384 e. The Morgan fingerprint density at radius 2 is 1.82 bits per heavy atom. The van der Waals surface area contributed by atoms with Crippen molar-refractivity contribution in [2.24, 2.45) is 0 Å². The molecule has 1 aromatic heterocycles. The quantitative estimate of drug-likeness (QED) is 0.667. The molecule has 2 aromatic rings. The summed E-state index contributed by atoms with van der Waals surface area (Å²) in [6.07, 6.45) is 0. The number of anilines is 1. The van der Waals surface area contributed by atoms with Gasteiger partial charge in [-0.1, -0.05) is 41.6 Å². The van der Waals surface area contributed by atoms with E-state index in [9.17, 15) is 0 Å². The molecular formula is C13H15N3S. The second-order valence-electron chi connectivity index (χ2n) is 3.99. The van der Waals surface area contributed by atoms with Gasteiger partial charge in [-0.05, 0) is 19.4 Å². The van der Waals surface area contributed by atoms with Gasteiger partial charge in [0.1, 0.15) is 5.82 Å². The number of nitrogen functional groups attached to an aromatic ring is 1. The van der Waals surface area contributed by atoms with Crippen LogP contribution in [0, 0.1) is 13.8 Å². The van der Waals surface area contributed by atoms with Crippen LogP contribution < -0.4 is 5.73 Å². The van der Waals surface area contributed by atoms with Crippen molar-refractivity contribution < 1.29 is 0 Å². The summed E-state index contributed by atoms with van der Waals surface area (Å²) in [7, 11) is 0. The molecule has 2 N–H and O–H groups in total. The van der Waals surface area contributed by atoms with Gasteiger partial charge in [0.15, 0.2) is 5.16 Å². The molecule has 0 radical (unpaired) electrons. The maximum absolute atomic E-state index is 5.68. The molecular weight excluding hydrogens is 230 g/mol. The maximum Gasteiger partial charge on any atom is 0.190 e. The molecule has 0 atom stereocenters. The Hall–Kier alpha value is -1.55. The van der Waals surface area contributed by atoms with Gasteiger partial charge >= 0.3 is 0 Å². The molecule has 0 fully saturated rings. The standard InChI is InChI=1S/C13H15N3S/c1-9-3-5-11(6-4-9)8-17-13-15-10(2)7-12(14)16-13/h3-7H,8H2,1-2H3,(H2,14,15,16). The summed E-state index contributed by atoms with van der Waals surface area (Å²) >= 11 is 1.61. The molecule has 17 heavy (non-hydrogen) atoms. The molecule has 3 nitrogen and oxygen atoms in total. The topological polar surface area (TPSA) is 51.8 Å². The van der Waals surface area contributed by atoms with Gasteiger partial charge < -0.3 is 5.73 Å². The van der Waals surface area contributed by atoms with Crippen molar-refractivity contribution in [1.29, 1.82) is 0 Å². The van der Waals surface area contributed by atoms with E-state index < -0.39 is 0 Å². The molecule has 2 rings (SSSR count). The van der Waals surface area contributed by atoms with Crippen molar-refractivity contribution in [3.8, 4) is 0 Å². The van der Waals surface area contributed by atoms with Crippen LogP contribution in [-0.4, -0.2) is 9.97 Å². The van der Waals surface area contributed by atoms with Gasteiger partial charge in [0.2, 0.25) is 0 Å². The average molecular weight is 245 g/mol. The van der Waals surface area contributed by atoms with Crippen molar-refractivity contribution in [3.63, 3.8) is 0 Å². The Kier molecular flexibility index (Phi) is 3.64. The van der Waals surface area contributed by atoms with Crippen molar-refractivity contribution in [2.75, 3.05) is 5.73 Å². The molecule has 0 aliphatic carbocycles. The highest BCUT2D eigenvalue weighted by Gasteiger charge is 2.01. The van der Waals surface area contributed by atoms with E-state index >= 15 is 0 Å². The second kappa shape index (κ2) is 5.19. The van der Waals surface area contributed by atoms with E-state index in [4.69, 9.17) is 5.73 Å². The predicted octanol–water partition coefficient (Wildman–Crippen LogP) is 2.97. The molecule has 1 aromatic carbocycles. The molecule has 4 heteroatoms. The monoisotopic (exact) mass is 245 g/mol. The summed E-state index contributed by atoms with van der Waals surface area (Å²) in [5.41, 5.74) is 9.13. The summed E-state index contributed by atoms with van der Waals surface area (Å²) in [6.45, 7) is 4.01. The largest absolute Gasteiger partial charge is 0.384 e. The first-order valence-corrected chi connectivity index (χ1v) is 6.41. The SMILES string of the molecule is Cc1ccc(CSc2nc(C)cc(N)n2)cc1. The van der Waals surface area contributed by atoms with E-state index in [1.54, 1.807) is 17.8 Å². The molecule has 0 saturated carbocycles. The van der Waals surface area contributed by atoms with Gasteiger partial charge in [0.05, 0.1) is 0 Å². The Morgan fingerprint density at radius 3 is 2.47 bits per heavy atom. The highest BCUT2D eigenvalue weighted by atomic mass is 32.2. The van der Waals surface area contributed by atoms with Crippen molar-refractivity contribution in [2.45, 2.75) is 24.8 Å². The number of benzene rings is 1. The zero-order chi connectivity index (χ0) is 12.3. The summed E-state index contributed by atoms with van der Waals surface area (Å²) in [5.74, 6) is 1.40. The van der Waals surface area contributed by atoms with Crippen LogP contribution in [0.2, 0.25) is 0 Å². The summed E-state index contributed by atoms with van der Waals surface area (Å²) < 4.78 is 0. The fourth-order valence-electron chi connectivity index (χ4n) is 1.46.